The number of rotatable bonds is 6. The van der Waals surface area contributed by atoms with Crippen molar-refractivity contribution in [1.29, 1.82) is 0 Å². The van der Waals surface area contributed by atoms with E-state index in [2.05, 4.69) is 30.3 Å². The van der Waals surface area contributed by atoms with Crippen molar-refractivity contribution in [3.63, 3.8) is 0 Å². The summed E-state index contributed by atoms with van der Waals surface area (Å²) >= 11 is 0. The van der Waals surface area contributed by atoms with E-state index in [1.54, 1.807) is 6.92 Å². The summed E-state index contributed by atoms with van der Waals surface area (Å²) in [6.45, 7) is 2.30. The molecular formula is C21H24O2. The highest BCUT2D eigenvalue weighted by Crippen LogP contribution is 2.40. The van der Waals surface area contributed by atoms with Gasteiger partial charge in [0.1, 0.15) is 18.1 Å². The standard InChI is InChI=1S/C21H24O2/c1-16(22)12-18-10-11-20(13-18)19-8-5-9-21(14-19)23-15-17-6-3-2-4-7-17/h2-9,14,18,20H,10-13,15H2,1H3. The molecule has 0 aliphatic heterocycles. The van der Waals surface area contributed by atoms with Gasteiger partial charge >= 0.3 is 0 Å². The minimum Gasteiger partial charge on any atom is -0.489 e. The van der Waals surface area contributed by atoms with Crippen molar-refractivity contribution >= 4 is 5.78 Å². The lowest BCUT2D eigenvalue weighted by molar-refractivity contribution is -0.117. The fraction of sp³-hybridized carbons (Fsp3) is 0.381. The third kappa shape index (κ3) is 4.44. The van der Waals surface area contributed by atoms with Crippen molar-refractivity contribution in [2.24, 2.45) is 5.92 Å². The molecule has 3 rings (SSSR count). The highest BCUT2D eigenvalue weighted by atomic mass is 16.5. The molecule has 1 saturated carbocycles. The molecule has 2 aromatic carbocycles. The Morgan fingerprint density at radius 1 is 1.09 bits per heavy atom. The van der Waals surface area contributed by atoms with E-state index in [1.807, 2.05) is 24.3 Å². The van der Waals surface area contributed by atoms with Crippen LogP contribution in [0.4, 0.5) is 0 Å². The fourth-order valence-corrected chi connectivity index (χ4v) is 3.57. The van der Waals surface area contributed by atoms with Gasteiger partial charge in [-0.1, -0.05) is 42.5 Å². The van der Waals surface area contributed by atoms with Crippen LogP contribution in [-0.4, -0.2) is 5.78 Å². The molecule has 2 aromatic rings. The molecule has 0 bridgehead atoms. The Hall–Kier alpha value is -2.09. The van der Waals surface area contributed by atoms with E-state index >= 15 is 0 Å². The molecule has 0 spiro atoms. The number of carbonyl (C=O) groups is 1. The van der Waals surface area contributed by atoms with Crippen molar-refractivity contribution in [3.8, 4) is 5.75 Å². The number of Topliss-reactive ketones (excluding diaryl/α,β-unsaturated/α-hetero) is 1. The van der Waals surface area contributed by atoms with Crippen molar-refractivity contribution in [2.75, 3.05) is 0 Å². The van der Waals surface area contributed by atoms with Gasteiger partial charge in [-0.2, -0.15) is 0 Å². The zero-order chi connectivity index (χ0) is 16.1. The highest BCUT2D eigenvalue weighted by molar-refractivity contribution is 5.75. The first-order valence-electron chi connectivity index (χ1n) is 8.47. The topological polar surface area (TPSA) is 26.3 Å². The molecule has 0 amide bonds. The Labute approximate surface area is 138 Å². The third-order valence-electron chi connectivity index (χ3n) is 4.70. The summed E-state index contributed by atoms with van der Waals surface area (Å²) < 4.78 is 5.93. The summed E-state index contributed by atoms with van der Waals surface area (Å²) in [7, 11) is 0. The Morgan fingerprint density at radius 2 is 1.91 bits per heavy atom. The van der Waals surface area contributed by atoms with E-state index in [1.165, 1.54) is 24.0 Å². The van der Waals surface area contributed by atoms with Crippen molar-refractivity contribution in [1.82, 2.24) is 0 Å². The van der Waals surface area contributed by atoms with Crippen LogP contribution in [-0.2, 0) is 11.4 Å². The van der Waals surface area contributed by atoms with E-state index in [-0.39, 0.29) is 0 Å². The van der Waals surface area contributed by atoms with E-state index in [0.717, 1.165) is 18.6 Å². The average Bonchev–Trinajstić information content (AvgIpc) is 3.02. The molecule has 2 atom stereocenters. The van der Waals surface area contributed by atoms with Crippen LogP contribution in [0.25, 0.3) is 0 Å². The van der Waals surface area contributed by atoms with Gasteiger partial charge in [0.25, 0.3) is 0 Å². The summed E-state index contributed by atoms with van der Waals surface area (Å²) in [5, 5.41) is 0. The molecule has 1 fully saturated rings. The van der Waals surface area contributed by atoms with Crippen LogP contribution in [0.5, 0.6) is 5.75 Å². The zero-order valence-corrected chi connectivity index (χ0v) is 13.7. The molecule has 2 unspecified atom stereocenters. The van der Waals surface area contributed by atoms with Crippen LogP contribution in [0, 0.1) is 5.92 Å². The number of ether oxygens (including phenoxy) is 1. The van der Waals surface area contributed by atoms with Crippen LogP contribution < -0.4 is 4.74 Å². The fourth-order valence-electron chi connectivity index (χ4n) is 3.57. The van der Waals surface area contributed by atoms with Crippen LogP contribution in [0.15, 0.2) is 54.6 Å². The molecule has 0 N–H and O–H groups in total. The molecule has 0 heterocycles. The van der Waals surface area contributed by atoms with Gasteiger partial charge in [-0.3, -0.25) is 0 Å². The number of benzene rings is 2. The Kier molecular flexibility index (Phi) is 5.12. The second-order valence-corrected chi connectivity index (χ2v) is 6.63. The molecule has 0 saturated heterocycles. The maximum atomic E-state index is 11.3. The second kappa shape index (κ2) is 7.45. The van der Waals surface area contributed by atoms with Gasteiger partial charge in [0, 0.05) is 6.42 Å². The first-order chi connectivity index (χ1) is 11.2. The maximum Gasteiger partial charge on any atom is 0.130 e. The normalized spacial score (nSPS) is 20.4. The monoisotopic (exact) mass is 308 g/mol. The Balaban J connectivity index is 1.60. The molecular weight excluding hydrogens is 284 g/mol. The quantitative estimate of drug-likeness (QED) is 0.739. The van der Waals surface area contributed by atoms with Gasteiger partial charge in [-0.05, 0) is 61.3 Å². The van der Waals surface area contributed by atoms with Gasteiger partial charge in [0.05, 0.1) is 0 Å². The molecule has 120 valence electrons. The lowest BCUT2D eigenvalue weighted by Gasteiger charge is -2.13. The predicted molar refractivity (Wildman–Crippen MR) is 92.6 cm³/mol. The van der Waals surface area contributed by atoms with Gasteiger partial charge in [0.15, 0.2) is 0 Å². The van der Waals surface area contributed by atoms with Crippen LogP contribution >= 0.6 is 0 Å². The SMILES string of the molecule is CC(=O)CC1CCC(c2cccc(OCc3ccccc3)c2)C1. The molecule has 1 aliphatic carbocycles. The lowest BCUT2D eigenvalue weighted by Crippen LogP contribution is -2.02. The molecule has 0 aromatic heterocycles. The molecule has 23 heavy (non-hydrogen) atoms. The van der Waals surface area contributed by atoms with Gasteiger partial charge in [-0.15, -0.1) is 0 Å². The molecule has 2 nitrogen and oxygen atoms in total. The van der Waals surface area contributed by atoms with Crippen molar-refractivity contribution < 1.29 is 9.53 Å². The maximum absolute atomic E-state index is 11.3. The number of carbonyl (C=O) groups excluding carboxylic acids is 1. The van der Waals surface area contributed by atoms with E-state index < -0.39 is 0 Å². The number of ketones is 1. The molecule has 2 heteroatoms. The van der Waals surface area contributed by atoms with Gasteiger partial charge in [-0.25, -0.2) is 0 Å². The molecule has 0 radical (unpaired) electrons. The van der Waals surface area contributed by atoms with E-state index in [4.69, 9.17) is 4.74 Å². The second-order valence-electron chi connectivity index (χ2n) is 6.63. The Morgan fingerprint density at radius 3 is 2.70 bits per heavy atom. The molecule has 1 aliphatic rings. The average molecular weight is 308 g/mol. The first kappa shape index (κ1) is 15.8. The van der Waals surface area contributed by atoms with Gasteiger partial charge in [0.2, 0.25) is 0 Å². The number of hydrogen-bond donors (Lipinski definition) is 0. The number of hydrogen-bond acceptors (Lipinski definition) is 2. The minimum absolute atomic E-state index is 0.315. The van der Waals surface area contributed by atoms with Crippen molar-refractivity contribution in [3.05, 3.63) is 65.7 Å². The largest absolute Gasteiger partial charge is 0.489 e. The van der Waals surface area contributed by atoms with E-state index in [9.17, 15) is 4.79 Å². The van der Waals surface area contributed by atoms with Crippen molar-refractivity contribution in [2.45, 2.75) is 45.1 Å². The summed E-state index contributed by atoms with van der Waals surface area (Å²) in [6, 6.07) is 18.7. The first-order valence-corrected chi connectivity index (χ1v) is 8.47. The van der Waals surface area contributed by atoms with Crippen LogP contribution in [0.1, 0.15) is 49.7 Å². The van der Waals surface area contributed by atoms with Crippen LogP contribution in [0.3, 0.4) is 0 Å². The predicted octanol–water partition coefficient (Wildman–Crippen LogP) is 5.13. The highest BCUT2D eigenvalue weighted by Gasteiger charge is 2.26. The Bertz CT molecular complexity index is 648. The summed E-state index contributed by atoms with van der Waals surface area (Å²) in [4.78, 5) is 11.3. The van der Waals surface area contributed by atoms with Gasteiger partial charge < -0.3 is 9.53 Å². The third-order valence-corrected chi connectivity index (χ3v) is 4.70. The summed E-state index contributed by atoms with van der Waals surface area (Å²) in [5.41, 5.74) is 2.53. The van der Waals surface area contributed by atoms with E-state index in [0.29, 0.717) is 24.2 Å². The smallest absolute Gasteiger partial charge is 0.130 e. The zero-order valence-electron chi connectivity index (χ0n) is 13.7. The summed E-state index contributed by atoms with van der Waals surface area (Å²) in [5.74, 6) is 2.38. The summed E-state index contributed by atoms with van der Waals surface area (Å²) in [6.07, 6.45) is 4.21. The minimum atomic E-state index is 0.315. The van der Waals surface area contributed by atoms with Crippen LogP contribution in [0.2, 0.25) is 0 Å². The lowest BCUT2D eigenvalue weighted by atomic mass is 9.94.